The van der Waals surface area contributed by atoms with E-state index in [2.05, 4.69) is 0 Å². The van der Waals surface area contributed by atoms with Crippen LogP contribution in [0.15, 0.2) is 18.2 Å². The summed E-state index contributed by atoms with van der Waals surface area (Å²) in [5, 5.41) is 9.34. The van der Waals surface area contributed by atoms with Crippen molar-refractivity contribution in [3.63, 3.8) is 0 Å². The van der Waals surface area contributed by atoms with E-state index in [9.17, 15) is 9.50 Å². The molecule has 2 rings (SSSR count). The molecule has 1 aromatic carbocycles. The van der Waals surface area contributed by atoms with E-state index in [0.717, 1.165) is 12.8 Å². The summed E-state index contributed by atoms with van der Waals surface area (Å²) in [5.74, 6) is 0.173. The van der Waals surface area contributed by atoms with Gasteiger partial charge in [-0.05, 0) is 44.7 Å². The highest BCUT2D eigenvalue weighted by molar-refractivity contribution is 5.30. The summed E-state index contributed by atoms with van der Waals surface area (Å²) in [6.45, 7) is 1.56. The van der Waals surface area contributed by atoms with E-state index in [-0.39, 0.29) is 6.10 Å². The molecule has 1 aliphatic rings. The quantitative estimate of drug-likeness (QED) is 0.872. The number of benzene rings is 1. The largest absolute Gasteiger partial charge is 0.490 e. The van der Waals surface area contributed by atoms with Crippen molar-refractivity contribution in [2.45, 2.75) is 51.2 Å². The van der Waals surface area contributed by atoms with Gasteiger partial charge >= 0.3 is 0 Å². The highest BCUT2D eigenvalue weighted by atomic mass is 19.1. The fraction of sp³-hybridized carbons (Fsp3) is 0.571. The molecular formula is C14H19FO2. The summed E-state index contributed by atoms with van der Waals surface area (Å²) in [4.78, 5) is 0. The van der Waals surface area contributed by atoms with Crippen LogP contribution in [0.1, 0.15) is 50.7 Å². The zero-order valence-electron chi connectivity index (χ0n) is 10.2. The van der Waals surface area contributed by atoms with Gasteiger partial charge in [-0.15, -0.1) is 0 Å². The van der Waals surface area contributed by atoms with Crippen LogP contribution in [0.3, 0.4) is 0 Å². The summed E-state index contributed by atoms with van der Waals surface area (Å²) in [7, 11) is 0. The van der Waals surface area contributed by atoms with Gasteiger partial charge in [-0.1, -0.05) is 6.42 Å². The minimum Gasteiger partial charge on any atom is -0.490 e. The maximum atomic E-state index is 13.6. The van der Waals surface area contributed by atoms with Crippen LogP contribution in [0.5, 0.6) is 5.75 Å². The average molecular weight is 238 g/mol. The summed E-state index contributed by atoms with van der Waals surface area (Å²) in [6.07, 6.45) is 5.21. The molecule has 0 saturated heterocycles. The zero-order valence-corrected chi connectivity index (χ0v) is 10.2. The SMILES string of the molecule is CC(O)c1ccc(OC2CCCCC2)cc1F. The molecule has 0 amide bonds. The molecule has 17 heavy (non-hydrogen) atoms. The fourth-order valence-electron chi connectivity index (χ4n) is 2.30. The molecule has 1 unspecified atom stereocenters. The third kappa shape index (κ3) is 3.19. The average Bonchev–Trinajstić information content (AvgIpc) is 2.30. The van der Waals surface area contributed by atoms with Crippen LogP contribution in [0.25, 0.3) is 0 Å². The molecule has 1 fully saturated rings. The highest BCUT2D eigenvalue weighted by Crippen LogP contribution is 2.26. The van der Waals surface area contributed by atoms with Gasteiger partial charge in [0.2, 0.25) is 0 Å². The Morgan fingerprint density at radius 1 is 1.29 bits per heavy atom. The lowest BCUT2D eigenvalue weighted by molar-refractivity contribution is 0.154. The molecule has 1 aliphatic carbocycles. The Kier molecular flexibility index (Phi) is 4.00. The Morgan fingerprint density at radius 2 is 2.00 bits per heavy atom. The third-order valence-corrected chi connectivity index (χ3v) is 3.28. The molecule has 0 heterocycles. The minimum atomic E-state index is -0.779. The fourth-order valence-corrected chi connectivity index (χ4v) is 2.30. The molecule has 0 spiro atoms. The number of hydrogen-bond acceptors (Lipinski definition) is 2. The van der Waals surface area contributed by atoms with Crippen molar-refractivity contribution >= 4 is 0 Å². The van der Waals surface area contributed by atoms with E-state index in [1.165, 1.54) is 25.3 Å². The maximum absolute atomic E-state index is 13.6. The van der Waals surface area contributed by atoms with Crippen molar-refractivity contribution in [3.05, 3.63) is 29.6 Å². The maximum Gasteiger partial charge on any atom is 0.132 e. The van der Waals surface area contributed by atoms with Crippen LogP contribution in [-0.2, 0) is 0 Å². The van der Waals surface area contributed by atoms with E-state index < -0.39 is 11.9 Å². The smallest absolute Gasteiger partial charge is 0.132 e. The molecule has 0 bridgehead atoms. The summed E-state index contributed by atoms with van der Waals surface area (Å²) in [5.41, 5.74) is 0.320. The normalized spacial score (nSPS) is 19.0. The third-order valence-electron chi connectivity index (χ3n) is 3.28. The monoisotopic (exact) mass is 238 g/mol. The predicted molar refractivity (Wildman–Crippen MR) is 64.5 cm³/mol. The molecular weight excluding hydrogens is 219 g/mol. The Balaban J connectivity index is 2.04. The van der Waals surface area contributed by atoms with Gasteiger partial charge in [0, 0.05) is 11.6 Å². The van der Waals surface area contributed by atoms with E-state index >= 15 is 0 Å². The van der Waals surface area contributed by atoms with Crippen molar-refractivity contribution in [2.24, 2.45) is 0 Å². The standard InChI is InChI=1S/C14H19FO2/c1-10(16)13-8-7-12(9-14(13)15)17-11-5-3-2-4-6-11/h7-11,16H,2-6H2,1H3. The van der Waals surface area contributed by atoms with Crippen LogP contribution in [0, 0.1) is 5.82 Å². The zero-order chi connectivity index (χ0) is 12.3. The molecule has 0 aromatic heterocycles. The molecule has 0 aliphatic heterocycles. The molecule has 1 atom stereocenters. The van der Waals surface area contributed by atoms with Gasteiger partial charge in [0.15, 0.2) is 0 Å². The van der Waals surface area contributed by atoms with Crippen LogP contribution in [0.4, 0.5) is 4.39 Å². The van der Waals surface area contributed by atoms with Crippen LogP contribution in [-0.4, -0.2) is 11.2 Å². The summed E-state index contributed by atoms with van der Waals surface area (Å²) < 4.78 is 19.4. The number of aliphatic hydroxyl groups excluding tert-OH is 1. The first kappa shape index (κ1) is 12.4. The Bertz CT molecular complexity index is 370. The topological polar surface area (TPSA) is 29.5 Å². The van der Waals surface area contributed by atoms with Crippen molar-refractivity contribution in [2.75, 3.05) is 0 Å². The van der Waals surface area contributed by atoms with Gasteiger partial charge in [0.05, 0.1) is 12.2 Å². The highest BCUT2D eigenvalue weighted by Gasteiger charge is 2.16. The predicted octanol–water partition coefficient (Wildman–Crippen LogP) is 3.59. The Labute approximate surface area is 101 Å². The van der Waals surface area contributed by atoms with Crippen molar-refractivity contribution in [1.29, 1.82) is 0 Å². The van der Waals surface area contributed by atoms with Gasteiger partial charge in [0.1, 0.15) is 11.6 Å². The van der Waals surface area contributed by atoms with Gasteiger partial charge < -0.3 is 9.84 Å². The van der Waals surface area contributed by atoms with Crippen molar-refractivity contribution in [1.82, 2.24) is 0 Å². The van der Waals surface area contributed by atoms with Crippen LogP contribution in [0.2, 0.25) is 0 Å². The molecule has 1 N–H and O–H groups in total. The van der Waals surface area contributed by atoms with Gasteiger partial charge in [0.25, 0.3) is 0 Å². The molecule has 94 valence electrons. The van der Waals surface area contributed by atoms with E-state index in [4.69, 9.17) is 4.74 Å². The Morgan fingerprint density at radius 3 is 2.59 bits per heavy atom. The van der Waals surface area contributed by atoms with Gasteiger partial charge in [-0.25, -0.2) is 4.39 Å². The number of halogens is 1. The second kappa shape index (κ2) is 5.50. The van der Waals surface area contributed by atoms with E-state index in [0.29, 0.717) is 11.3 Å². The second-order valence-electron chi connectivity index (χ2n) is 4.74. The second-order valence-corrected chi connectivity index (χ2v) is 4.74. The molecule has 1 aromatic rings. The number of ether oxygens (including phenoxy) is 1. The lowest BCUT2D eigenvalue weighted by Gasteiger charge is -2.23. The molecule has 3 heteroatoms. The first-order chi connectivity index (χ1) is 8.16. The number of rotatable bonds is 3. The van der Waals surface area contributed by atoms with E-state index in [1.54, 1.807) is 19.1 Å². The summed E-state index contributed by atoms with van der Waals surface area (Å²) in [6, 6.07) is 4.70. The molecule has 1 saturated carbocycles. The van der Waals surface area contributed by atoms with Gasteiger partial charge in [-0.2, -0.15) is 0 Å². The van der Waals surface area contributed by atoms with E-state index in [1.807, 2.05) is 0 Å². The van der Waals surface area contributed by atoms with Crippen LogP contribution < -0.4 is 4.74 Å². The van der Waals surface area contributed by atoms with Crippen molar-refractivity contribution in [3.8, 4) is 5.75 Å². The minimum absolute atomic E-state index is 0.223. The van der Waals surface area contributed by atoms with Crippen LogP contribution >= 0.6 is 0 Å². The number of aliphatic hydroxyl groups is 1. The molecule has 0 radical (unpaired) electrons. The lowest BCUT2D eigenvalue weighted by atomic mass is 9.98. The lowest BCUT2D eigenvalue weighted by Crippen LogP contribution is -2.19. The van der Waals surface area contributed by atoms with Gasteiger partial charge in [-0.3, -0.25) is 0 Å². The first-order valence-electron chi connectivity index (χ1n) is 6.31. The first-order valence-corrected chi connectivity index (χ1v) is 6.31. The molecule has 2 nitrogen and oxygen atoms in total. The number of hydrogen-bond donors (Lipinski definition) is 1. The Hall–Kier alpha value is -1.09. The summed E-state index contributed by atoms with van der Waals surface area (Å²) >= 11 is 0. The van der Waals surface area contributed by atoms with Crippen molar-refractivity contribution < 1.29 is 14.2 Å².